The van der Waals surface area contributed by atoms with Crippen LogP contribution in [0.4, 0.5) is 0 Å². The van der Waals surface area contributed by atoms with Gasteiger partial charge in [-0.15, -0.1) is 0 Å². The van der Waals surface area contributed by atoms with E-state index in [1.165, 1.54) is 113 Å². The van der Waals surface area contributed by atoms with Crippen molar-refractivity contribution < 1.29 is 67.7 Å². The molecule has 13 atom stereocenters. The first-order valence-electron chi connectivity index (χ1n) is 36.4. The SMILES string of the molecule is C/C=C/C[C@@H](C)[C@@H](O)[C@H]1C(=O)N[C@@H](CC)C(=O)N(C)[C@H](CSCCCCOCCN(CC)CC)C(=O)N(C)[C@@H](CC(C)(C)O)C(=O)N[C@@H](C(C)C)C(=O)N(C)[C@@H](CC(C)C)C(=O)N[C@@H](C)C(=O)N[C@H](C)C(=O)N(C)[C@@H](CC(C)C)C(=O)N(C)[C@@H](CC(C)C)C(=O)N(C)[C@@H](C(C)C)C(=O)N1C. The van der Waals surface area contributed by atoms with E-state index in [1.807, 2.05) is 47.6 Å². The summed E-state index contributed by atoms with van der Waals surface area (Å²) >= 11 is 1.39. The maximum Gasteiger partial charge on any atom is 0.246 e. The zero-order valence-corrected chi connectivity index (χ0v) is 66.7. The lowest BCUT2D eigenvalue weighted by atomic mass is 9.91. The van der Waals surface area contributed by atoms with Gasteiger partial charge < -0.3 is 75.4 Å². The van der Waals surface area contributed by atoms with E-state index in [-0.39, 0.29) is 62.0 Å². The number of aliphatic hydroxyl groups is 2. The molecule has 100 heavy (non-hydrogen) atoms. The van der Waals surface area contributed by atoms with Gasteiger partial charge in [0.05, 0.1) is 18.3 Å². The molecule has 0 radical (unpaired) electrons. The second kappa shape index (κ2) is 43.9. The Morgan fingerprint density at radius 3 is 1.47 bits per heavy atom. The second-order valence-electron chi connectivity index (χ2n) is 30.1. The van der Waals surface area contributed by atoms with E-state index in [4.69, 9.17) is 4.74 Å². The highest BCUT2D eigenvalue weighted by atomic mass is 32.2. The largest absolute Gasteiger partial charge is 0.390 e. The normalized spacial score (nSPS) is 25.6. The first-order chi connectivity index (χ1) is 46.4. The summed E-state index contributed by atoms with van der Waals surface area (Å²) in [5.41, 5.74) is -1.59. The van der Waals surface area contributed by atoms with Crippen LogP contribution in [0.5, 0.6) is 0 Å². The van der Waals surface area contributed by atoms with Crippen molar-refractivity contribution in [2.24, 2.45) is 35.5 Å². The molecule has 0 aromatic rings. The third-order valence-electron chi connectivity index (χ3n) is 18.9. The van der Waals surface area contributed by atoms with Crippen LogP contribution in [-0.2, 0) is 57.5 Å². The standard InChI is InChI=1S/C73H134N12O14S/c1-27-31-34-49(15)61(86)60-65(90)76-52(28-2)67(92)82(24)57(43-100-38-33-32-36-99-37-35-85(29-3)30-4)70(95)81(23)56(42-73(18,19)98)64(89)77-58(47(11)12)71(96)78(20)53(39-44(5)6)63(88)74-50(16)62(87)75-51(17)66(91)79(21)54(40-45(7)8)68(93)80(22)55(41-46(9)10)69(94)83(25)59(48(13)14)72(97)84(60)26/h27,31,44-61,86,98H,28-30,32-43H2,1-26H3,(H,74,88)(H,75,87)(H,76,90)(H,77,89)/b31-27+/t49-,50+,51-,52+,53+,54+,55+,56+,57-,58+,59+,60+,61-/m1/s1. The molecule has 6 N–H and O–H groups in total. The summed E-state index contributed by atoms with van der Waals surface area (Å²) in [4.78, 5) is 176. The van der Waals surface area contributed by atoms with Crippen LogP contribution in [0.25, 0.3) is 0 Å². The Morgan fingerprint density at radius 2 is 0.980 bits per heavy atom. The molecule has 1 fully saturated rings. The van der Waals surface area contributed by atoms with Crippen LogP contribution in [0, 0.1) is 35.5 Å². The van der Waals surface area contributed by atoms with Crippen LogP contribution in [0.1, 0.15) is 183 Å². The van der Waals surface area contributed by atoms with Gasteiger partial charge in [0, 0.05) is 74.7 Å². The number of hydrogen-bond acceptors (Lipinski definition) is 16. The minimum atomic E-state index is -1.67. The highest BCUT2D eigenvalue weighted by Gasteiger charge is 2.47. The predicted octanol–water partition coefficient (Wildman–Crippen LogP) is 4.62. The van der Waals surface area contributed by atoms with Gasteiger partial charge in [-0.2, -0.15) is 11.8 Å². The molecule has 0 aliphatic carbocycles. The summed E-state index contributed by atoms with van der Waals surface area (Å²) < 4.78 is 5.93. The Balaban J connectivity index is 4.52. The van der Waals surface area contributed by atoms with Crippen LogP contribution in [0.2, 0.25) is 0 Å². The molecule has 0 aromatic heterocycles. The molecule has 0 unspecified atom stereocenters. The number of nitrogens with one attached hydrogen (secondary N) is 4. The molecule has 1 aliphatic rings. The Bertz CT molecular complexity index is 2670. The number of allylic oxidation sites excluding steroid dienone is 2. The number of unbranched alkanes of at least 4 members (excludes halogenated alkanes) is 1. The first-order valence-corrected chi connectivity index (χ1v) is 37.5. The second-order valence-corrected chi connectivity index (χ2v) is 31.3. The topological polar surface area (TPSA) is 312 Å². The van der Waals surface area contributed by atoms with Crippen molar-refractivity contribution >= 4 is 76.7 Å². The van der Waals surface area contributed by atoms with Gasteiger partial charge in [0.1, 0.15) is 66.5 Å². The molecule has 0 saturated carbocycles. The molecule has 1 saturated heterocycles. The smallest absolute Gasteiger partial charge is 0.246 e. The maximum atomic E-state index is 15.5. The van der Waals surface area contributed by atoms with E-state index in [2.05, 4.69) is 40.0 Å². The molecule has 1 heterocycles. The van der Waals surface area contributed by atoms with E-state index in [1.54, 1.807) is 54.5 Å². The Hall–Kier alpha value is -5.90. The number of amides is 11. The third kappa shape index (κ3) is 28.0. The van der Waals surface area contributed by atoms with Gasteiger partial charge >= 0.3 is 0 Å². The van der Waals surface area contributed by atoms with Gasteiger partial charge in [-0.25, -0.2) is 0 Å². The van der Waals surface area contributed by atoms with Crippen molar-refractivity contribution in [3.63, 3.8) is 0 Å². The van der Waals surface area contributed by atoms with Crippen molar-refractivity contribution in [2.75, 3.05) is 93.7 Å². The minimum absolute atomic E-state index is 0.00547. The van der Waals surface area contributed by atoms with Crippen LogP contribution < -0.4 is 21.3 Å². The van der Waals surface area contributed by atoms with Crippen molar-refractivity contribution in [3.8, 4) is 0 Å². The van der Waals surface area contributed by atoms with E-state index in [0.717, 1.165) is 29.4 Å². The highest BCUT2D eigenvalue weighted by Crippen LogP contribution is 2.27. The number of carbonyl (C=O) groups is 11. The van der Waals surface area contributed by atoms with Crippen LogP contribution in [0.15, 0.2) is 12.2 Å². The Labute approximate surface area is 604 Å². The van der Waals surface area contributed by atoms with Crippen molar-refractivity contribution in [3.05, 3.63) is 12.2 Å². The zero-order chi connectivity index (χ0) is 77.1. The van der Waals surface area contributed by atoms with Crippen LogP contribution in [-0.4, -0.2) is 286 Å². The first kappa shape index (κ1) is 92.1. The predicted molar refractivity (Wildman–Crippen MR) is 394 cm³/mol. The molecule has 0 bridgehead atoms. The molecule has 0 aromatic carbocycles. The van der Waals surface area contributed by atoms with E-state index < -0.39 is 161 Å². The number of carbonyl (C=O) groups excluding carboxylic acids is 11. The number of ether oxygens (including phenoxy) is 1. The summed E-state index contributed by atoms with van der Waals surface area (Å²) in [5.74, 6) is -9.79. The summed E-state index contributed by atoms with van der Waals surface area (Å²) in [5, 5.41) is 34.9. The lowest BCUT2D eigenvalue weighted by molar-refractivity contribution is -0.157. The van der Waals surface area contributed by atoms with Gasteiger partial charge in [-0.05, 0) is 134 Å². The quantitative estimate of drug-likeness (QED) is 0.0483. The molecule has 1 aliphatic heterocycles. The number of aliphatic hydroxyl groups excluding tert-OH is 1. The number of thioether (sulfide) groups is 1. The lowest BCUT2D eigenvalue weighted by Crippen LogP contribution is -2.64. The van der Waals surface area contributed by atoms with E-state index in [0.29, 0.717) is 31.8 Å². The molecular weight excluding hydrogens is 1300 g/mol. The number of rotatable bonds is 27. The van der Waals surface area contributed by atoms with Gasteiger partial charge in [0.15, 0.2) is 0 Å². The average molecular weight is 1440 g/mol. The summed E-state index contributed by atoms with van der Waals surface area (Å²) in [7, 11) is 9.89. The number of likely N-dealkylation sites (N-methyl/N-ethyl adjacent to an activating group) is 8. The maximum absolute atomic E-state index is 15.5. The summed E-state index contributed by atoms with van der Waals surface area (Å²) in [6.07, 6.45) is 3.72. The molecule has 1 rings (SSSR count). The fourth-order valence-corrected chi connectivity index (χ4v) is 13.6. The van der Waals surface area contributed by atoms with E-state index >= 15 is 33.6 Å². The Kier molecular flexibility index (Phi) is 40.5. The fraction of sp³-hybridized carbons (Fsp3) is 0.822. The highest BCUT2D eigenvalue weighted by molar-refractivity contribution is 7.99. The van der Waals surface area contributed by atoms with Gasteiger partial charge in [0.25, 0.3) is 0 Å². The number of hydrogen-bond donors (Lipinski definition) is 6. The van der Waals surface area contributed by atoms with Gasteiger partial charge in [-0.1, -0.05) is 109 Å². The molecule has 27 heteroatoms. The van der Waals surface area contributed by atoms with Crippen LogP contribution >= 0.6 is 11.8 Å². The molecule has 11 amide bonds. The van der Waals surface area contributed by atoms with Crippen molar-refractivity contribution in [2.45, 2.75) is 261 Å². The monoisotopic (exact) mass is 1430 g/mol. The van der Waals surface area contributed by atoms with Gasteiger partial charge in [-0.3, -0.25) is 52.7 Å². The van der Waals surface area contributed by atoms with Crippen molar-refractivity contribution in [1.82, 2.24) is 60.5 Å². The number of nitrogens with zero attached hydrogens (tertiary/aromatic N) is 8. The van der Waals surface area contributed by atoms with Crippen molar-refractivity contribution in [1.29, 1.82) is 0 Å². The zero-order valence-electron chi connectivity index (χ0n) is 65.9. The Morgan fingerprint density at radius 1 is 0.520 bits per heavy atom. The minimum Gasteiger partial charge on any atom is -0.390 e. The van der Waals surface area contributed by atoms with Gasteiger partial charge in [0.2, 0.25) is 65.0 Å². The fourth-order valence-electron chi connectivity index (χ4n) is 12.4. The average Bonchev–Trinajstić information content (AvgIpc) is 0.808. The summed E-state index contributed by atoms with van der Waals surface area (Å²) in [6.45, 7) is 36.9. The lowest BCUT2D eigenvalue weighted by Gasteiger charge is -2.41. The molecule has 0 spiro atoms. The van der Waals surface area contributed by atoms with E-state index in [9.17, 15) is 29.4 Å². The third-order valence-corrected chi connectivity index (χ3v) is 20.1. The molecule has 576 valence electrons. The summed E-state index contributed by atoms with van der Waals surface area (Å²) in [6, 6.07) is -14.5. The molecule has 26 nitrogen and oxygen atoms in total. The van der Waals surface area contributed by atoms with Crippen LogP contribution in [0.3, 0.4) is 0 Å². The molecular formula is C73H134N12O14S.